The van der Waals surface area contributed by atoms with Crippen molar-refractivity contribution >= 4 is 22.6 Å². The number of thiazole rings is 1. The summed E-state index contributed by atoms with van der Waals surface area (Å²) in [6, 6.07) is 11.3. The van der Waals surface area contributed by atoms with Crippen LogP contribution >= 0.6 is 11.3 Å². The van der Waals surface area contributed by atoms with Crippen LogP contribution < -0.4 is 4.74 Å². The Morgan fingerprint density at radius 1 is 1.29 bits per heavy atom. The van der Waals surface area contributed by atoms with Gasteiger partial charge in [0.15, 0.2) is 17.0 Å². The van der Waals surface area contributed by atoms with Gasteiger partial charge < -0.3 is 9.15 Å². The molecular weight excluding hydrogens is 324 g/mol. The summed E-state index contributed by atoms with van der Waals surface area (Å²) >= 11 is 1.47. The fourth-order valence-electron chi connectivity index (χ4n) is 2.73. The molecule has 3 heterocycles. The van der Waals surface area contributed by atoms with Gasteiger partial charge in [-0.05, 0) is 31.2 Å². The molecule has 24 heavy (non-hydrogen) atoms. The molecule has 0 aliphatic rings. The first-order valence-electron chi connectivity index (χ1n) is 7.54. The summed E-state index contributed by atoms with van der Waals surface area (Å²) in [5.41, 5.74) is 2.73. The molecule has 6 heteroatoms. The molecule has 0 fully saturated rings. The number of benzene rings is 1. The minimum Gasteiger partial charge on any atom is -0.493 e. The Balaban J connectivity index is 1.97. The van der Waals surface area contributed by atoms with E-state index >= 15 is 0 Å². The van der Waals surface area contributed by atoms with Gasteiger partial charge in [0.2, 0.25) is 0 Å². The molecule has 5 nitrogen and oxygen atoms in total. The van der Waals surface area contributed by atoms with Crippen molar-refractivity contribution in [2.45, 2.75) is 6.92 Å². The van der Waals surface area contributed by atoms with E-state index in [-0.39, 0.29) is 0 Å². The first-order chi connectivity index (χ1) is 11.8. The number of aldehydes is 1. The van der Waals surface area contributed by atoms with E-state index in [4.69, 9.17) is 9.15 Å². The van der Waals surface area contributed by atoms with Crippen LogP contribution in [0.5, 0.6) is 5.75 Å². The molecule has 4 rings (SSSR count). The number of rotatable bonds is 5. The number of fused-ring (bicyclic) bond motifs is 1. The first kappa shape index (κ1) is 14.7. The van der Waals surface area contributed by atoms with Gasteiger partial charge in [0.25, 0.3) is 0 Å². The lowest BCUT2D eigenvalue weighted by atomic mass is 10.1. The summed E-state index contributed by atoms with van der Waals surface area (Å²) in [5, 5.41) is 1.94. The Bertz CT molecular complexity index is 999. The molecule has 0 saturated carbocycles. The molecule has 4 aromatic rings. The predicted molar refractivity (Wildman–Crippen MR) is 92.8 cm³/mol. The number of imidazole rings is 1. The molecule has 0 saturated heterocycles. The Labute approximate surface area is 142 Å². The van der Waals surface area contributed by atoms with Gasteiger partial charge in [0.05, 0.1) is 12.9 Å². The van der Waals surface area contributed by atoms with Crippen LogP contribution in [0.25, 0.3) is 27.7 Å². The van der Waals surface area contributed by atoms with Crippen molar-refractivity contribution in [1.82, 2.24) is 9.38 Å². The maximum absolute atomic E-state index is 11.8. The molecule has 0 spiro atoms. The normalized spacial score (nSPS) is 11.0. The van der Waals surface area contributed by atoms with Gasteiger partial charge in [-0.2, -0.15) is 0 Å². The third-order valence-corrected chi connectivity index (χ3v) is 4.55. The zero-order chi connectivity index (χ0) is 16.5. The van der Waals surface area contributed by atoms with Crippen molar-refractivity contribution in [3.05, 3.63) is 53.7 Å². The standard InChI is InChI=1S/C18H14N2O3S/c1-2-22-15-7-4-3-6-12(15)17-13(10-21)20-14(11-24-18(20)19-17)16-8-5-9-23-16/h3-11H,2H2,1H3. The molecule has 1 aromatic carbocycles. The highest BCUT2D eigenvalue weighted by molar-refractivity contribution is 7.15. The third kappa shape index (κ3) is 2.23. The van der Waals surface area contributed by atoms with E-state index in [1.807, 2.05) is 53.1 Å². The average molecular weight is 338 g/mol. The van der Waals surface area contributed by atoms with Crippen LogP contribution in [0.3, 0.4) is 0 Å². The Morgan fingerprint density at radius 3 is 2.92 bits per heavy atom. The van der Waals surface area contributed by atoms with Gasteiger partial charge in [-0.3, -0.25) is 9.20 Å². The van der Waals surface area contributed by atoms with Gasteiger partial charge in [0, 0.05) is 10.9 Å². The lowest BCUT2D eigenvalue weighted by Crippen LogP contribution is -1.97. The lowest BCUT2D eigenvalue weighted by Gasteiger charge is -2.08. The highest BCUT2D eigenvalue weighted by Crippen LogP contribution is 2.35. The molecule has 120 valence electrons. The third-order valence-electron chi connectivity index (χ3n) is 3.73. The number of para-hydroxylation sites is 1. The second-order valence-electron chi connectivity index (χ2n) is 5.11. The van der Waals surface area contributed by atoms with E-state index in [1.54, 1.807) is 6.26 Å². The summed E-state index contributed by atoms with van der Waals surface area (Å²) in [6.45, 7) is 2.48. The van der Waals surface area contributed by atoms with Crippen molar-refractivity contribution in [2.24, 2.45) is 0 Å². The minimum atomic E-state index is 0.491. The largest absolute Gasteiger partial charge is 0.493 e. The van der Waals surface area contributed by atoms with Crippen molar-refractivity contribution in [3.8, 4) is 28.5 Å². The lowest BCUT2D eigenvalue weighted by molar-refractivity contribution is 0.111. The van der Waals surface area contributed by atoms with Crippen LogP contribution in [0.2, 0.25) is 0 Å². The number of aromatic nitrogens is 2. The number of nitrogens with zero attached hydrogens (tertiary/aromatic N) is 2. The quantitative estimate of drug-likeness (QED) is 0.502. The SMILES string of the molecule is CCOc1ccccc1-c1nc2scc(-c3ccco3)n2c1C=O. The fraction of sp³-hybridized carbons (Fsp3) is 0.111. The highest BCUT2D eigenvalue weighted by Gasteiger charge is 2.21. The van der Waals surface area contributed by atoms with E-state index in [0.29, 0.717) is 29.5 Å². The average Bonchev–Trinajstić information content (AvgIpc) is 3.31. The maximum Gasteiger partial charge on any atom is 0.195 e. The molecule has 0 amide bonds. The molecule has 0 N–H and O–H groups in total. The first-order valence-corrected chi connectivity index (χ1v) is 8.42. The number of ether oxygens (including phenoxy) is 1. The zero-order valence-corrected chi connectivity index (χ0v) is 13.7. The van der Waals surface area contributed by atoms with E-state index < -0.39 is 0 Å². The number of hydrogen-bond donors (Lipinski definition) is 0. The van der Waals surface area contributed by atoms with Crippen LogP contribution in [0.1, 0.15) is 17.4 Å². The fourth-order valence-corrected chi connectivity index (χ4v) is 3.61. The number of furan rings is 1. The van der Waals surface area contributed by atoms with Crippen LogP contribution in [0.4, 0.5) is 0 Å². The summed E-state index contributed by atoms with van der Waals surface area (Å²) in [4.78, 5) is 17.2. The van der Waals surface area contributed by atoms with Gasteiger partial charge in [-0.1, -0.05) is 12.1 Å². The Morgan fingerprint density at radius 2 is 2.17 bits per heavy atom. The minimum absolute atomic E-state index is 0.491. The second kappa shape index (κ2) is 5.98. The van der Waals surface area contributed by atoms with E-state index in [1.165, 1.54) is 11.3 Å². The smallest absolute Gasteiger partial charge is 0.195 e. The van der Waals surface area contributed by atoms with Gasteiger partial charge in [0.1, 0.15) is 22.8 Å². The van der Waals surface area contributed by atoms with Gasteiger partial charge >= 0.3 is 0 Å². The van der Waals surface area contributed by atoms with Gasteiger partial charge in [-0.15, -0.1) is 11.3 Å². The summed E-state index contributed by atoms with van der Waals surface area (Å²) in [6.07, 6.45) is 2.44. The van der Waals surface area contributed by atoms with E-state index in [2.05, 4.69) is 4.98 Å². The number of hydrogen-bond acceptors (Lipinski definition) is 5. The van der Waals surface area contributed by atoms with Crippen LogP contribution in [-0.2, 0) is 0 Å². The Kier molecular flexibility index (Phi) is 3.66. The van der Waals surface area contributed by atoms with Crippen molar-refractivity contribution in [3.63, 3.8) is 0 Å². The van der Waals surface area contributed by atoms with Crippen molar-refractivity contribution in [2.75, 3.05) is 6.61 Å². The zero-order valence-electron chi connectivity index (χ0n) is 12.9. The monoisotopic (exact) mass is 338 g/mol. The van der Waals surface area contributed by atoms with Crippen LogP contribution in [0, 0.1) is 0 Å². The van der Waals surface area contributed by atoms with Crippen molar-refractivity contribution < 1.29 is 13.9 Å². The second-order valence-corrected chi connectivity index (χ2v) is 5.95. The molecule has 0 unspecified atom stereocenters. The molecule has 0 bridgehead atoms. The van der Waals surface area contributed by atoms with E-state index in [0.717, 1.165) is 22.5 Å². The maximum atomic E-state index is 11.8. The number of carbonyl (C=O) groups is 1. The summed E-state index contributed by atoms with van der Waals surface area (Å²) < 4.78 is 13.0. The summed E-state index contributed by atoms with van der Waals surface area (Å²) in [7, 11) is 0. The predicted octanol–water partition coefficient (Wildman–Crippen LogP) is 4.53. The summed E-state index contributed by atoms with van der Waals surface area (Å²) in [5.74, 6) is 1.42. The molecule has 0 atom stereocenters. The molecule has 0 aliphatic carbocycles. The van der Waals surface area contributed by atoms with Gasteiger partial charge in [-0.25, -0.2) is 4.98 Å². The highest BCUT2D eigenvalue weighted by atomic mass is 32.1. The number of carbonyl (C=O) groups excluding carboxylic acids is 1. The molecular formula is C18H14N2O3S. The molecule has 0 aliphatic heterocycles. The topological polar surface area (TPSA) is 56.7 Å². The molecule has 3 aromatic heterocycles. The van der Waals surface area contributed by atoms with E-state index in [9.17, 15) is 4.79 Å². The molecule has 0 radical (unpaired) electrons. The van der Waals surface area contributed by atoms with Crippen LogP contribution in [0.15, 0.2) is 52.5 Å². The van der Waals surface area contributed by atoms with Crippen molar-refractivity contribution in [1.29, 1.82) is 0 Å². The Hall–Kier alpha value is -2.86. The van der Waals surface area contributed by atoms with Crippen LogP contribution in [-0.4, -0.2) is 22.3 Å².